The van der Waals surface area contributed by atoms with Gasteiger partial charge >= 0.3 is 0 Å². The molecule has 0 aliphatic carbocycles. The van der Waals surface area contributed by atoms with Crippen LogP contribution in [0.25, 0.3) is 0 Å². The van der Waals surface area contributed by atoms with Crippen molar-refractivity contribution in [3.05, 3.63) is 12.4 Å². The van der Waals surface area contributed by atoms with Crippen molar-refractivity contribution in [3.8, 4) is 0 Å². The van der Waals surface area contributed by atoms with Crippen molar-refractivity contribution in [2.24, 2.45) is 0 Å². The van der Waals surface area contributed by atoms with Gasteiger partial charge in [-0.2, -0.15) is 0 Å². The largest absolute Gasteiger partial charge is 0.316 e. The van der Waals surface area contributed by atoms with Crippen LogP contribution in [0, 0.1) is 0 Å². The Hall–Kier alpha value is -0.370. The van der Waals surface area contributed by atoms with E-state index in [0.717, 1.165) is 0 Å². The molecule has 0 radical (unpaired) electrons. The molecule has 36 valence electrons. The fourth-order valence-electron chi connectivity index (χ4n) is 0.162. The minimum absolute atomic E-state index is 0.524. The average molecular weight is 89.1 g/mol. The highest BCUT2D eigenvalue weighted by Crippen LogP contribution is 1.65. The molecule has 0 heterocycles. The Balaban J connectivity index is 2.66. The third-order valence-corrected chi connectivity index (χ3v) is 0.411. The van der Waals surface area contributed by atoms with Crippen LogP contribution in [0.1, 0.15) is 0 Å². The van der Waals surface area contributed by atoms with Gasteiger partial charge in [0.2, 0.25) is 0 Å². The van der Waals surface area contributed by atoms with Gasteiger partial charge in [-0.3, -0.25) is 0 Å². The molecule has 0 rings (SSSR count). The summed E-state index contributed by atoms with van der Waals surface area (Å²) >= 11 is 0. The Labute approximate surface area is 36.9 Å². The number of rotatable bonds is 2. The predicted molar refractivity (Wildman–Crippen MR) is 24.2 cm³/mol. The number of nitrogens with one attached hydrogen (secondary N) is 1. The molecule has 0 amide bonds. The van der Waals surface area contributed by atoms with Crippen LogP contribution in [0.4, 0.5) is 4.39 Å². The molecule has 0 aromatic carbocycles. The lowest BCUT2D eigenvalue weighted by molar-refractivity contribution is 0.712. The van der Waals surface area contributed by atoms with Crippen molar-refractivity contribution in [1.82, 2.24) is 5.32 Å². The van der Waals surface area contributed by atoms with E-state index in [1.54, 1.807) is 7.05 Å². The molecular formula is C4H8FN. The van der Waals surface area contributed by atoms with Gasteiger partial charge in [0.25, 0.3) is 0 Å². The molecule has 0 aliphatic heterocycles. The van der Waals surface area contributed by atoms with Crippen molar-refractivity contribution >= 4 is 0 Å². The molecular weight excluding hydrogens is 81.0 g/mol. The third kappa shape index (κ3) is 3.63. The van der Waals surface area contributed by atoms with E-state index in [2.05, 4.69) is 5.32 Å². The normalized spacial score (nSPS) is 10.3. The number of hydrogen-bond acceptors (Lipinski definition) is 1. The Kier molecular flexibility index (Phi) is 4.34. The quantitative estimate of drug-likeness (QED) is 0.524. The van der Waals surface area contributed by atoms with E-state index in [4.69, 9.17) is 0 Å². The zero-order chi connectivity index (χ0) is 4.83. The summed E-state index contributed by atoms with van der Waals surface area (Å²) in [5.74, 6) is 0. The maximum Gasteiger partial charge on any atom is 0.0839 e. The van der Waals surface area contributed by atoms with Crippen LogP contribution in [0.15, 0.2) is 12.4 Å². The van der Waals surface area contributed by atoms with Crippen molar-refractivity contribution in [3.63, 3.8) is 0 Å². The molecule has 2 heteroatoms. The van der Waals surface area contributed by atoms with E-state index in [0.29, 0.717) is 12.9 Å². The average Bonchev–Trinajstić information content (AvgIpc) is 1.61. The lowest BCUT2D eigenvalue weighted by atomic mass is 10.6. The van der Waals surface area contributed by atoms with Gasteiger partial charge in [0, 0.05) is 6.54 Å². The van der Waals surface area contributed by atoms with Crippen molar-refractivity contribution in [2.45, 2.75) is 0 Å². The Morgan fingerprint density at radius 3 is 2.67 bits per heavy atom. The minimum atomic E-state index is 0.524. The summed E-state index contributed by atoms with van der Waals surface area (Å²) < 4.78 is 11.0. The van der Waals surface area contributed by atoms with Crippen LogP contribution < -0.4 is 5.32 Å². The van der Waals surface area contributed by atoms with Crippen LogP contribution in [0.5, 0.6) is 0 Å². The van der Waals surface area contributed by atoms with Gasteiger partial charge in [0.1, 0.15) is 0 Å². The summed E-state index contributed by atoms with van der Waals surface area (Å²) in [6.45, 7) is 0.608. The molecule has 0 bridgehead atoms. The second-order valence-corrected chi connectivity index (χ2v) is 0.919. The van der Waals surface area contributed by atoms with E-state index >= 15 is 0 Å². The third-order valence-electron chi connectivity index (χ3n) is 0.411. The SMILES string of the molecule is CNCC=CF. The first-order valence-electron chi connectivity index (χ1n) is 1.81. The highest BCUT2D eigenvalue weighted by molar-refractivity contribution is 4.73. The first-order chi connectivity index (χ1) is 2.91. The van der Waals surface area contributed by atoms with E-state index in [1.807, 2.05) is 0 Å². The van der Waals surface area contributed by atoms with Gasteiger partial charge in [-0.25, -0.2) is 4.39 Å². The summed E-state index contributed by atoms with van der Waals surface area (Å²) in [6, 6.07) is 0. The van der Waals surface area contributed by atoms with Gasteiger partial charge < -0.3 is 5.32 Å². The molecule has 0 fully saturated rings. The zero-order valence-electron chi connectivity index (χ0n) is 3.74. The second-order valence-electron chi connectivity index (χ2n) is 0.919. The first kappa shape index (κ1) is 5.63. The number of halogens is 1. The number of likely N-dealkylation sites (N-methyl/N-ethyl adjacent to an activating group) is 1. The molecule has 0 aliphatic rings. The van der Waals surface area contributed by atoms with Crippen molar-refractivity contribution in [2.75, 3.05) is 13.6 Å². The zero-order valence-corrected chi connectivity index (χ0v) is 3.74. The Morgan fingerprint density at radius 2 is 2.50 bits per heavy atom. The standard InChI is InChI=1S/C4H8FN/c1-6-4-2-3-5/h2-3,6H,4H2,1H3. The summed E-state index contributed by atoms with van der Waals surface area (Å²) in [7, 11) is 1.76. The van der Waals surface area contributed by atoms with Gasteiger partial charge in [-0.1, -0.05) is 0 Å². The molecule has 0 atom stereocenters. The molecule has 0 unspecified atom stereocenters. The van der Waals surface area contributed by atoms with Crippen LogP contribution in [0.2, 0.25) is 0 Å². The minimum Gasteiger partial charge on any atom is -0.316 e. The lowest BCUT2D eigenvalue weighted by Crippen LogP contribution is -2.03. The number of hydrogen-bond donors (Lipinski definition) is 1. The van der Waals surface area contributed by atoms with E-state index in [-0.39, 0.29) is 0 Å². The van der Waals surface area contributed by atoms with Gasteiger partial charge in [0.15, 0.2) is 0 Å². The van der Waals surface area contributed by atoms with Crippen LogP contribution in [-0.2, 0) is 0 Å². The molecule has 0 saturated heterocycles. The van der Waals surface area contributed by atoms with Crippen LogP contribution in [-0.4, -0.2) is 13.6 Å². The van der Waals surface area contributed by atoms with E-state index in [1.165, 1.54) is 6.08 Å². The molecule has 0 aromatic rings. The fourth-order valence-corrected chi connectivity index (χ4v) is 0.162. The molecule has 1 N–H and O–H groups in total. The van der Waals surface area contributed by atoms with Crippen molar-refractivity contribution < 1.29 is 4.39 Å². The maximum absolute atomic E-state index is 11.0. The van der Waals surface area contributed by atoms with Crippen LogP contribution >= 0.6 is 0 Å². The monoisotopic (exact) mass is 89.1 g/mol. The maximum atomic E-state index is 11.0. The molecule has 1 nitrogen and oxygen atoms in total. The molecule has 6 heavy (non-hydrogen) atoms. The summed E-state index contributed by atoms with van der Waals surface area (Å²) in [5.41, 5.74) is 0. The highest BCUT2D eigenvalue weighted by atomic mass is 19.1. The highest BCUT2D eigenvalue weighted by Gasteiger charge is 1.63. The van der Waals surface area contributed by atoms with Gasteiger partial charge in [0.05, 0.1) is 6.33 Å². The fraction of sp³-hybridized carbons (Fsp3) is 0.500. The summed E-state index contributed by atoms with van der Waals surface area (Å²) in [5, 5.41) is 2.74. The Bertz CT molecular complexity index is 42.8. The molecule has 0 saturated carbocycles. The Morgan fingerprint density at radius 1 is 1.83 bits per heavy atom. The molecule has 0 spiro atoms. The van der Waals surface area contributed by atoms with Crippen molar-refractivity contribution in [1.29, 1.82) is 0 Å². The summed E-state index contributed by atoms with van der Waals surface area (Å²) in [6.07, 6.45) is 1.93. The summed E-state index contributed by atoms with van der Waals surface area (Å²) in [4.78, 5) is 0. The smallest absolute Gasteiger partial charge is 0.0839 e. The second kappa shape index (κ2) is 4.63. The van der Waals surface area contributed by atoms with Gasteiger partial charge in [-0.15, -0.1) is 0 Å². The lowest BCUT2D eigenvalue weighted by Gasteiger charge is -1.80. The topological polar surface area (TPSA) is 12.0 Å². The van der Waals surface area contributed by atoms with E-state index in [9.17, 15) is 4.39 Å². The van der Waals surface area contributed by atoms with Crippen LogP contribution in [0.3, 0.4) is 0 Å². The van der Waals surface area contributed by atoms with E-state index < -0.39 is 0 Å². The van der Waals surface area contributed by atoms with Gasteiger partial charge in [-0.05, 0) is 13.1 Å². The molecule has 0 aromatic heterocycles. The predicted octanol–water partition coefficient (Wildman–Crippen LogP) is 0.689. The first-order valence-corrected chi connectivity index (χ1v) is 1.81.